The monoisotopic (exact) mass is 263 g/mol. The Kier molecular flexibility index (Phi) is 3.61. The number of aromatic nitrogens is 4. The van der Waals surface area contributed by atoms with Crippen molar-refractivity contribution in [1.82, 2.24) is 19.7 Å². The molecule has 0 saturated carbocycles. The van der Waals surface area contributed by atoms with E-state index >= 15 is 0 Å². The highest BCUT2D eigenvalue weighted by atomic mass is 32.2. The Balaban J connectivity index is 2.27. The van der Waals surface area contributed by atoms with Gasteiger partial charge in [0, 0.05) is 25.0 Å². The summed E-state index contributed by atoms with van der Waals surface area (Å²) in [5.41, 5.74) is 6.11. The van der Waals surface area contributed by atoms with Crippen molar-refractivity contribution in [1.29, 1.82) is 0 Å². The van der Waals surface area contributed by atoms with E-state index in [1.165, 1.54) is 11.8 Å². The Bertz CT molecular complexity index is 554. The van der Waals surface area contributed by atoms with E-state index < -0.39 is 0 Å². The van der Waals surface area contributed by atoms with Gasteiger partial charge in [-0.05, 0) is 19.1 Å². The van der Waals surface area contributed by atoms with Crippen molar-refractivity contribution in [2.24, 2.45) is 12.8 Å². The molecule has 2 rings (SSSR count). The molecule has 1 amide bonds. The third kappa shape index (κ3) is 2.51. The quantitative estimate of drug-likeness (QED) is 0.826. The first-order chi connectivity index (χ1) is 8.59. The van der Waals surface area contributed by atoms with Crippen molar-refractivity contribution in [3.8, 4) is 11.4 Å². The van der Waals surface area contributed by atoms with Crippen LogP contribution in [0.3, 0.4) is 0 Å². The normalized spacial score (nSPS) is 12.3. The molecule has 18 heavy (non-hydrogen) atoms. The predicted molar refractivity (Wildman–Crippen MR) is 68.7 cm³/mol. The zero-order valence-corrected chi connectivity index (χ0v) is 10.9. The Labute approximate surface area is 109 Å². The van der Waals surface area contributed by atoms with Crippen LogP contribution >= 0.6 is 11.8 Å². The number of rotatable bonds is 4. The Hall–Kier alpha value is -1.89. The number of carbonyl (C=O) groups is 1. The standard InChI is InChI=1S/C11H13N5OS/c1-7(9(12)17)18-11-15-14-10(16(11)2)8-4-3-5-13-6-8/h3-7H,1-2H3,(H2,12,17). The lowest BCUT2D eigenvalue weighted by Crippen LogP contribution is -2.22. The van der Waals surface area contributed by atoms with Crippen LogP contribution in [-0.4, -0.2) is 30.9 Å². The van der Waals surface area contributed by atoms with Gasteiger partial charge in [0.2, 0.25) is 5.91 Å². The summed E-state index contributed by atoms with van der Waals surface area (Å²) in [7, 11) is 1.85. The number of hydrogen-bond donors (Lipinski definition) is 1. The van der Waals surface area contributed by atoms with Gasteiger partial charge in [-0.1, -0.05) is 11.8 Å². The van der Waals surface area contributed by atoms with Gasteiger partial charge in [-0.2, -0.15) is 0 Å². The highest BCUT2D eigenvalue weighted by Gasteiger charge is 2.17. The van der Waals surface area contributed by atoms with Crippen molar-refractivity contribution < 1.29 is 4.79 Å². The molecule has 1 atom stereocenters. The molecule has 0 aliphatic rings. The van der Waals surface area contributed by atoms with Crippen LogP contribution in [0, 0.1) is 0 Å². The molecule has 2 heterocycles. The van der Waals surface area contributed by atoms with E-state index in [0.29, 0.717) is 11.0 Å². The third-order valence-corrected chi connectivity index (χ3v) is 3.59. The Morgan fingerprint density at radius 2 is 2.28 bits per heavy atom. The number of hydrogen-bond acceptors (Lipinski definition) is 5. The maximum absolute atomic E-state index is 11.0. The van der Waals surface area contributed by atoms with Crippen LogP contribution < -0.4 is 5.73 Å². The van der Waals surface area contributed by atoms with Crippen molar-refractivity contribution in [2.45, 2.75) is 17.3 Å². The average Bonchev–Trinajstić information content (AvgIpc) is 2.72. The summed E-state index contributed by atoms with van der Waals surface area (Å²) in [6.45, 7) is 1.74. The molecule has 0 radical (unpaired) electrons. The van der Waals surface area contributed by atoms with Crippen molar-refractivity contribution in [2.75, 3.05) is 0 Å². The molecule has 0 spiro atoms. The first kappa shape index (κ1) is 12.6. The van der Waals surface area contributed by atoms with Crippen LogP contribution in [-0.2, 0) is 11.8 Å². The predicted octanol–water partition coefficient (Wildman–Crippen LogP) is 0.843. The summed E-state index contributed by atoms with van der Waals surface area (Å²) >= 11 is 1.29. The van der Waals surface area contributed by atoms with Gasteiger partial charge < -0.3 is 10.3 Å². The molecule has 0 aliphatic heterocycles. The van der Waals surface area contributed by atoms with Crippen LogP contribution in [0.1, 0.15) is 6.92 Å². The number of nitrogens with two attached hydrogens (primary N) is 1. The summed E-state index contributed by atoms with van der Waals surface area (Å²) in [6.07, 6.45) is 3.42. The summed E-state index contributed by atoms with van der Waals surface area (Å²) < 4.78 is 1.82. The smallest absolute Gasteiger partial charge is 0.230 e. The number of carbonyl (C=O) groups excluding carboxylic acids is 1. The number of nitrogens with zero attached hydrogens (tertiary/aromatic N) is 4. The van der Waals surface area contributed by atoms with E-state index in [1.807, 2.05) is 23.7 Å². The lowest BCUT2D eigenvalue weighted by molar-refractivity contribution is -0.117. The fraction of sp³-hybridized carbons (Fsp3) is 0.273. The topological polar surface area (TPSA) is 86.7 Å². The molecule has 2 N–H and O–H groups in total. The summed E-state index contributed by atoms with van der Waals surface area (Å²) in [6, 6.07) is 3.74. The SMILES string of the molecule is CC(Sc1nnc(-c2cccnc2)n1C)C(N)=O. The van der Waals surface area contributed by atoms with E-state index in [-0.39, 0.29) is 11.2 Å². The van der Waals surface area contributed by atoms with E-state index in [2.05, 4.69) is 15.2 Å². The second-order valence-electron chi connectivity index (χ2n) is 3.77. The highest BCUT2D eigenvalue weighted by Crippen LogP contribution is 2.24. The van der Waals surface area contributed by atoms with Crippen molar-refractivity contribution in [3.63, 3.8) is 0 Å². The van der Waals surface area contributed by atoms with E-state index in [9.17, 15) is 4.79 Å². The highest BCUT2D eigenvalue weighted by molar-refractivity contribution is 8.00. The molecule has 0 saturated heterocycles. The summed E-state index contributed by atoms with van der Waals surface area (Å²) in [4.78, 5) is 15.1. The van der Waals surface area contributed by atoms with E-state index in [1.54, 1.807) is 19.3 Å². The second kappa shape index (κ2) is 5.18. The molecule has 0 aromatic carbocycles. The van der Waals surface area contributed by atoms with Gasteiger partial charge in [-0.3, -0.25) is 9.78 Å². The summed E-state index contributed by atoms with van der Waals surface area (Å²) in [5, 5.41) is 8.47. The van der Waals surface area contributed by atoms with Crippen LogP contribution in [0.4, 0.5) is 0 Å². The van der Waals surface area contributed by atoms with Gasteiger partial charge in [0.1, 0.15) is 0 Å². The maximum Gasteiger partial charge on any atom is 0.230 e. The Morgan fingerprint density at radius 3 is 2.89 bits per heavy atom. The molecule has 6 nitrogen and oxygen atoms in total. The minimum atomic E-state index is -0.370. The number of thioether (sulfide) groups is 1. The van der Waals surface area contributed by atoms with Gasteiger partial charge in [0.25, 0.3) is 0 Å². The van der Waals surface area contributed by atoms with Gasteiger partial charge in [-0.15, -0.1) is 10.2 Å². The number of primary amides is 1. The zero-order chi connectivity index (χ0) is 13.1. The third-order valence-electron chi connectivity index (χ3n) is 2.44. The molecule has 94 valence electrons. The molecule has 0 aliphatic carbocycles. The van der Waals surface area contributed by atoms with Crippen LogP contribution in [0.15, 0.2) is 29.7 Å². The maximum atomic E-state index is 11.0. The van der Waals surface area contributed by atoms with Gasteiger partial charge in [-0.25, -0.2) is 0 Å². The molecule has 2 aromatic rings. The Morgan fingerprint density at radius 1 is 1.50 bits per heavy atom. The van der Waals surface area contributed by atoms with Crippen LogP contribution in [0.25, 0.3) is 11.4 Å². The fourth-order valence-corrected chi connectivity index (χ4v) is 2.15. The van der Waals surface area contributed by atoms with Gasteiger partial charge in [0.15, 0.2) is 11.0 Å². The van der Waals surface area contributed by atoms with E-state index in [0.717, 1.165) is 5.56 Å². The largest absolute Gasteiger partial charge is 0.369 e. The van der Waals surface area contributed by atoms with Gasteiger partial charge >= 0.3 is 0 Å². The summed E-state index contributed by atoms with van der Waals surface area (Å²) in [5.74, 6) is 0.341. The fourth-order valence-electron chi connectivity index (χ4n) is 1.38. The molecule has 1 unspecified atom stereocenters. The molecule has 2 aromatic heterocycles. The molecular weight excluding hydrogens is 250 g/mol. The zero-order valence-electron chi connectivity index (χ0n) is 10.1. The first-order valence-corrected chi connectivity index (χ1v) is 6.23. The average molecular weight is 263 g/mol. The first-order valence-electron chi connectivity index (χ1n) is 5.35. The van der Waals surface area contributed by atoms with Crippen LogP contribution in [0.2, 0.25) is 0 Å². The second-order valence-corrected chi connectivity index (χ2v) is 5.08. The molecular formula is C11H13N5OS. The van der Waals surface area contributed by atoms with Gasteiger partial charge in [0.05, 0.1) is 5.25 Å². The minimum Gasteiger partial charge on any atom is -0.369 e. The van der Waals surface area contributed by atoms with Crippen molar-refractivity contribution in [3.05, 3.63) is 24.5 Å². The molecule has 0 bridgehead atoms. The van der Waals surface area contributed by atoms with Crippen molar-refractivity contribution >= 4 is 17.7 Å². The lowest BCUT2D eigenvalue weighted by atomic mass is 10.3. The van der Waals surface area contributed by atoms with Crippen LogP contribution in [0.5, 0.6) is 0 Å². The lowest BCUT2D eigenvalue weighted by Gasteiger charge is -2.06. The molecule has 0 fully saturated rings. The number of amides is 1. The number of pyridine rings is 1. The molecule has 7 heteroatoms. The minimum absolute atomic E-state index is 0.338. The van der Waals surface area contributed by atoms with E-state index in [4.69, 9.17) is 5.73 Å².